The molecule has 154 valence electrons. The smallest absolute Gasteiger partial charge is 0.228 e. The number of likely N-dealkylation sites (N-methyl/N-ethyl adjacent to an activating group) is 1. The van der Waals surface area contributed by atoms with Gasteiger partial charge in [0.1, 0.15) is 0 Å². The number of amides is 2. The Bertz CT molecular complexity index is 716. The second-order valence-electron chi connectivity index (χ2n) is 7.31. The molecule has 0 aromatic heterocycles. The van der Waals surface area contributed by atoms with Crippen molar-refractivity contribution in [3.05, 3.63) is 23.8 Å². The van der Waals surface area contributed by atoms with Gasteiger partial charge in [0.2, 0.25) is 11.8 Å². The lowest BCUT2D eigenvalue weighted by molar-refractivity contribution is -0.138. The molecular formula is C21H31N3O4. The van der Waals surface area contributed by atoms with E-state index in [9.17, 15) is 9.59 Å². The molecule has 1 aromatic carbocycles. The van der Waals surface area contributed by atoms with Crippen LogP contribution in [-0.2, 0) is 9.59 Å². The number of benzene rings is 1. The highest BCUT2D eigenvalue weighted by atomic mass is 16.5. The summed E-state index contributed by atoms with van der Waals surface area (Å²) in [7, 11) is 3.19. The fraction of sp³-hybridized carbons (Fsp3) is 0.619. The minimum absolute atomic E-state index is 0.0350. The minimum Gasteiger partial charge on any atom is -0.493 e. The second kappa shape index (κ2) is 8.82. The monoisotopic (exact) mass is 389 g/mol. The maximum atomic E-state index is 13.3. The van der Waals surface area contributed by atoms with Gasteiger partial charge in [0.05, 0.1) is 26.2 Å². The summed E-state index contributed by atoms with van der Waals surface area (Å²) in [5, 5.41) is 0. The highest BCUT2D eigenvalue weighted by molar-refractivity contribution is 5.90. The van der Waals surface area contributed by atoms with E-state index in [1.807, 2.05) is 34.9 Å². The normalized spacial score (nSPS) is 23.2. The van der Waals surface area contributed by atoms with E-state index in [1.54, 1.807) is 14.2 Å². The molecule has 7 heteroatoms. The van der Waals surface area contributed by atoms with Gasteiger partial charge < -0.3 is 24.2 Å². The van der Waals surface area contributed by atoms with Crippen molar-refractivity contribution >= 4 is 11.8 Å². The summed E-state index contributed by atoms with van der Waals surface area (Å²) in [6, 6.07) is 5.39. The number of piperazine rings is 1. The van der Waals surface area contributed by atoms with Crippen LogP contribution in [0.5, 0.6) is 11.5 Å². The van der Waals surface area contributed by atoms with E-state index >= 15 is 0 Å². The Morgan fingerprint density at radius 3 is 2.29 bits per heavy atom. The maximum Gasteiger partial charge on any atom is 0.228 e. The molecule has 2 amide bonds. The lowest BCUT2D eigenvalue weighted by Crippen LogP contribution is -2.50. The summed E-state index contributed by atoms with van der Waals surface area (Å²) in [5.41, 5.74) is 0.913. The van der Waals surface area contributed by atoms with Crippen LogP contribution in [0.2, 0.25) is 0 Å². The molecule has 2 aliphatic rings. The van der Waals surface area contributed by atoms with Crippen molar-refractivity contribution in [1.29, 1.82) is 0 Å². The molecule has 7 nitrogen and oxygen atoms in total. The van der Waals surface area contributed by atoms with Crippen LogP contribution in [0.15, 0.2) is 18.2 Å². The number of rotatable bonds is 6. The van der Waals surface area contributed by atoms with Gasteiger partial charge in [-0.15, -0.1) is 0 Å². The SMILES string of the molecule is CCN1CCN(C(=O)[C@@H]2CC(=O)N(CC)[C@H]2c2ccc(OC)c(OC)c2)CC1. The van der Waals surface area contributed by atoms with E-state index in [2.05, 4.69) is 11.8 Å². The first-order valence-corrected chi connectivity index (χ1v) is 10.1. The molecule has 0 radical (unpaired) electrons. The third kappa shape index (κ3) is 3.81. The van der Waals surface area contributed by atoms with Gasteiger partial charge in [0.25, 0.3) is 0 Å². The lowest BCUT2D eigenvalue weighted by atomic mass is 9.91. The number of carbonyl (C=O) groups is 2. The molecule has 0 bridgehead atoms. The molecular weight excluding hydrogens is 358 g/mol. The fourth-order valence-electron chi connectivity index (χ4n) is 4.35. The van der Waals surface area contributed by atoms with E-state index in [1.165, 1.54) is 0 Å². The largest absolute Gasteiger partial charge is 0.493 e. The lowest BCUT2D eigenvalue weighted by Gasteiger charge is -2.37. The molecule has 0 N–H and O–H groups in total. The number of likely N-dealkylation sites (tertiary alicyclic amines) is 1. The Balaban J connectivity index is 1.88. The zero-order valence-electron chi connectivity index (χ0n) is 17.3. The van der Waals surface area contributed by atoms with Crippen molar-refractivity contribution in [3.8, 4) is 11.5 Å². The van der Waals surface area contributed by atoms with Gasteiger partial charge in [-0.1, -0.05) is 13.0 Å². The molecule has 0 saturated carbocycles. The molecule has 0 spiro atoms. The van der Waals surface area contributed by atoms with Crippen LogP contribution in [-0.4, -0.2) is 80.0 Å². The molecule has 1 aromatic rings. The first kappa shape index (κ1) is 20.5. The third-order valence-corrected chi connectivity index (χ3v) is 5.97. The molecule has 28 heavy (non-hydrogen) atoms. The van der Waals surface area contributed by atoms with E-state index in [0.29, 0.717) is 18.0 Å². The highest BCUT2D eigenvalue weighted by Gasteiger charge is 2.45. The maximum absolute atomic E-state index is 13.3. The zero-order valence-corrected chi connectivity index (χ0v) is 17.3. The van der Waals surface area contributed by atoms with Crippen molar-refractivity contribution in [1.82, 2.24) is 14.7 Å². The minimum atomic E-state index is -0.362. The Hall–Kier alpha value is -2.28. The summed E-state index contributed by atoms with van der Waals surface area (Å²) in [6.07, 6.45) is 0.264. The summed E-state index contributed by atoms with van der Waals surface area (Å²) >= 11 is 0. The van der Waals surface area contributed by atoms with Gasteiger partial charge in [-0.3, -0.25) is 9.59 Å². The Kier molecular flexibility index (Phi) is 6.44. The molecule has 2 aliphatic heterocycles. The van der Waals surface area contributed by atoms with Crippen molar-refractivity contribution in [3.63, 3.8) is 0 Å². The quantitative estimate of drug-likeness (QED) is 0.742. The first-order valence-electron chi connectivity index (χ1n) is 10.1. The predicted molar refractivity (Wildman–Crippen MR) is 106 cm³/mol. The first-order chi connectivity index (χ1) is 13.5. The van der Waals surface area contributed by atoms with Crippen LogP contribution >= 0.6 is 0 Å². The van der Waals surface area contributed by atoms with Crippen molar-refractivity contribution < 1.29 is 19.1 Å². The van der Waals surface area contributed by atoms with Gasteiger partial charge in [0, 0.05) is 39.1 Å². The van der Waals surface area contributed by atoms with E-state index < -0.39 is 0 Å². The average Bonchev–Trinajstić information content (AvgIpc) is 3.08. The van der Waals surface area contributed by atoms with E-state index in [-0.39, 0.29) is 30.2 Å². The van der Waals surface area contributed by atoms with Crippen molar-refractivity contribution in [2.24, 2.45) is 5.92 Å². The zero-order chi connectivity index (χ0) is 20.3. The molecule has 0 unspecified atom stereocenters. The van der Waals surface area contributed by atoms with Crippen molar-refractivity contribution in [2.75, 3.05) is 53.5 Å². The highest BCUT2D eigenvalue weighted by Crippen LogP contribution is 2.41. The Morgan fingerprint density at radius 2 is 1.71 bits per heavy atom. The summed E-state index contributed by atoms with van der Waals surface area (Å²) in [6.45, 7) is 8.90. The number of hydrogen-bond acceptors (Lipinski definition) is 5. The van der Waals surface area contributed by atoms with Crippen LogP contribution in [0.4, 0.5) is 0 Å². The number of ether oxygens (including phenoxy) is 2. The average molecular weight is 389 g/mol. The second-order valence-corrected chi connectivity index (χ2v) is 7.31. The molecule has 3 rings (SSSR count). The Labute approximate surface area is 167 Å². The van der Waals surface area contributed by atoms with Gasteiger partial charge in [-0.2, -0.15) is 0 Å². The summed E-state index contributed by atoms with van der Waals surface area (Å²) in [5.74, 6) is 1.00. The fourth-order valence-corrected chi connectivity index (χ4v) is 4.35. The van der Waals surface area contributed by atoms with Crippen molar-refractivity contribution in [2.45, 2.75) is 26.3 Å². The van der Waals surface area contributed by atoms with Crippen LogP contribution in [0.25, 0.3) is 0 Å². The van der Waals surface area contributed by atoms with Crippen LogP contribution < -0.4 is 9.47 Å². The molecule has 2 heterocycles. The molecule has 2 saturated heterocycles. The molecule has 0 aliphatic carbocycles. The number of methoxy groups -OCH3 is 2. The van der Waals surface area contributed by atoms with Crippen LogP contribution in [0.1, 0.15) is 31.9 Å². The molecule has 2 fully saturated rings. The predicted octanol–water partition coefficient (Wildman–Crippen LogP) is 1.78. The summed E-state index contributed by atoms with van der Waals surface area (Å²) < 4.78 is 10.8. The van der Waals surface area contributed by atoms with E-state index in [4.69, 9.17) is 9.47 Å². The van der Waals surface area contributed by atoms with Gasteiger partial charge >= 0.3 is 0 Å². The molecule has 2 atom stereocenters. The van der Waals surface area contributed by atoms with Crippen LogP contribution in [0.3, 0.4) is 0 Å². The van der Waals surface area contributed by atoms with Gasteiger partial charge in [-0.25, -0.2) is 0 Å². The summed E-state index contributed by atoms with van der Waals surface area (Å²) in [4.78, 5) is 32.1. The number of carbonyl (C=O) groups excluding carboxylic acids is 2. The topological polar surface area (TPSA) is 62.3 Å². The van der Waals surface area contributed by atoms with Gasteiger partial charge in [0.15, 0.2) is 11.5 Å². The van der Waals surface area contributed by atoms with Crippen LogP contribution in [0, 0.1) is 5.92 Å². The third-order valence-electron chi connectivity index (χ3n) is 5.97. The Morgan fingerprint density at radius 1 is 1.04 bits per heavy atom. The van der Waals surface area contributed by atoms with E-state index in [0.717, 1.165) is 38.3 Å². The number of nitrogens with zero attached hydrogens (tertiary/aromatic N) is 3. The standard InChI is InChI=1S/C21H31N3O4/c1-5-22-9-11-23(12-10-22)21(26)16-14-19(25)24(6-2)20(16)15-7-8-17(27-3)18(13-15)28-4/h7-8,13,16,20H,5-6,9-12,14H2,1-4H3/t16-,20+/m1/s1. The van der Waals surface area contributed by atoms with Gasteiger partial charge in [-0.05, 0) is 31.2 Å². The number of hydrogen-bond donors (Lipinski definition) is 0.